The minimum atomic E-state index is 0.398. The van der Waals surface area contributed by atoms with Gasteiger partial charge in [-0.3, -0.25) is 0 Å². The van der Waals surface area contributed by atoms with E-state index in [0.29, 0.717) is 23.3 Å². The van der Waals surface area contributed by atoms with Crippen molar-refractivity contribution in [1.29, 1.82) is 0 Å². The molecular weight excluding hydrogens is 260 g/mol. The van der Waals surface area contributed by atoms with Crippen LogP contribution in [-0.4, -0.2) is 27.9 Å². The number of aromatic nitrogens is 3. The Morgan fingerprint density at radius 2 is 1.90 bits per heavy atom. The second-order valence-corrected chi connectivity index (χ2v) is 8.05. The predicted octanol–water partition coefficient (Wildman–Crippen LogP) is 3.53. The van der Waals surface area contributed by atoms with E-state index >= 15 is 0 Å². The molecule has 2 unspecified atom stereocenters. The second-order valence-electron chi connectivity index (χ2n) is 8.05. The average molecular weight is 294 g/mol. The standard InChI is InChI=1S/C17H34N4/c1-13(2)11-21-16(19-12-20-21)9-15(18-7)8-14(3)10-17(4,5)6/h12-15,18H,8-11H2,1-7H3. The molecule has 0 aliphatic carbocycles. The van der Waals surface area contributed by atoms with Gasteiger partial charge in [0.1, 0.15) is 12.2 Å². The molecule has 0 radical (unpaired) electrons. The Hall–Kier alpha value is -0.900. The summed E-state index contributed by atoms with van der Waals surface area (Å²) in [6, 6.07) is 0.470. The molecule has 1 aromatic heterocycles. The van der Waals surface area contributed by atoms with Gasteiger partial charge < -0.3 is 5.32 Å². The highest BCUT2D eigenvalue weighted by atomic mass is 15.3. The summed E-state index contributed by atoms with van der Waals surface area (Å²) in [5.74, 6) is 2.41. The third-order valence-corrected chi connectivity index (χ3v) is 3.72. The Morgan fingerprint density at radius 1 is 1.24 bits per heavy atom. The van der Waals surface area contributed by atoms with Crippen molar-refractivity contribution in [2.24, 2.45) is 17.3 Å². The minimum Gasteiger partial charge on any atom is -0.317 e. The van der Waals surface area contributed by atoms with E-state index in [0.717, 1.165) is 18.8 Å². The van der Waals surface area contributed by atoms with Crippen LogP contribution >= 0.6 is 0 Å². The molecule has 0 fully saturated rings. The zero-order valence-corrected chi connectivity index (χ0v) is 15.0. The van der Waals surface area contributed by atoms with Crippen molar-refractivity contribution in [2.75, 3.05) is 7.05 Å². The van der Waals surface area contributed by atoms with Gasteiger partial charge in [-0.05, 0) is 37.1 Å². The first kappa shape index (κ1) is 18.1. The molecule has 4 heteroatoms. The summed E-state index contributed by atoms with van der Waals surface area (Å²) in [7, 11) is 2.05. The van der Waals surface area contributed by atoms with Gasteiger partial charge in [-0.1, -0.05) is 41.5 Å². The zero-order valence-electron chi connectivity index (χ0n) is 15.0. The van der Waals surface area contributed by atoms with Crippen molar-refractivity contribution in [3.63, 3.8) is 0 Å². The largest absolute Gasteiger partial charge is 0.317 e. The van der Waals surface area contributed by atoms with Crippen LogP contribution in [0, 0.1) is 17.3 Å². The van der Waals surface area contributed by atoms with Crippen molar-refractivity contribution in [3.05, 3.63) is 12.2 Å². The highest BCUT2D eigenvalue weighted by Gasteiger charge is 2.20. The second kappa shape index (κ2) is 7.92. The quantitative estimate of drug-likeness (QED) is 0.797. The molecule has 0 aliphatic heterocycles. The van der Waals surface area contributed by atoms with Gasteiger partial charge in [0, 0.05) is 19.0 Å². The van der Waals surface area contributed by atoms with Crippen molar-refractivity contribution >= 4 is 0 Å². The van der Waals surface area contributed by atoms with Gasteiger partial charge in [0.2, 0.25) is 0 Å². The molecule has 0 saturated heterocycles. The SMILES string of the molecule is CNC(Cc1ncnn1CC(C)C)CC(C)CC(C)(C)C. The molecule has 0 bridgehead atoms. The van der Waals surface area contributed by atoms with Crippen LogP contribution < -0.4 is 5.32 Å². The molecule has 4 nitrogen and oxygen atoms in total. The van der Waals surface area contributed by atoms with Gasteiger partial charge in [-0.25, -0.2) is 9.67 Å². The molecule has 0 amide bonds. The fraction of sp³-hybridized carbons (Fsp3) is 0.882. The molecule has 1 N–H and O–H groups in total. The summed E-state index contributed by atoms with van der Waals surface area (Å²) in [4.78, 5) is 4.45. The lowest BCUT2D eigenvalue weighted by Crippen LogP contribution is -2.32. The van der Waals surface area contributed by atoms with E-state index in [4.69, 9.17) is 0 Å². The topological polar surface area (TPSA) is 42.7 Å². The number of nitrogens with one attached hydrogen (secondary N) is 1. The van der Waals surface area contributed by atoms with Gasteiger partial charge in [0.15, 0.2) is 0 Å². The maximum atomic E-state index is 4.45. The van der Waals surface area contributed by atoms with Crippen LogP contribution in [0.15, 0.2) is 6.33 Å². The first-order valence-electron chi connectivity index (χ1n) is 8.25. The van der Waals surface area contributed by atoms with Gasteiger partial charge in [0.05, 0.1) is 0 Å². The predicted molar refractivity (Wildman–Crippen MR) is 89.3 cm³/mol. The van der Waals surface area contributed by atoms with E-state index in [9.17, 15) is 0 Å². The van der Waals surface area contributed by atoms with Crippen LogP contribution in [0.3, 0.4) is 0 Å². The lowest BCUT2D eigenvalue weighted by atomic mass is 9.82. The van der Waals surface area contributed by atoms with E-state index < -0.39 is 0 Å². The maximum absolute atomic E-state index is 4.45. The minimum absolute atomic E-state index is 0.398. The summed E-state index contributed by atoms with van der Waals surface area (Å²) in [6.45, 7) is 14.7. The number of hydrogen-bond acceptors (Lipinski definition) is 3. The Kier molecular flexibility index (Phi) is 6.85. The van der Waals surface area contributed by atoms with E-state index in [1.807, 2.05) is 0 Å². The van der Waals surface area contributed by atoms with Crippen molar-refractivity contribution in [3.8, 4) is 0 Å². The third-order valence-electron chi connectivity index (χ3n) is 3.72. The van der Waals surface area contributed by atoms with Gasteiger partial charge >= 0.3 is 0 Å². The third kappa shape index (κ3) is 7.07. The summed E-state index contributed by atoms with van der Waals surface area (Å²) >= 11 is 0. The van der Waals surface area contributed by atoms with E-state index in [2.05, 4.69) is 68.7 Å². The smallest absolute Gasteiger partial charge is 0.138 e. The number of likely N-dealkylation sites (N-methyl/N-ethyl adjacent to an activating group) is 1. The first-order chi connectivity index (χ1) is 9.71. The van der Waals surface area contributed by atoms with Crippen LogP contribution in [0.25, 0.3) is 0 Å². The average Bonchev–Trinajstić information content (AvgIpc) is 2.72. The van der Waals surface area contributed by atoms with Gasteiger partial charge in [-0.15, -0.1) is 0 Å². The Balaban J connectivity index is 2.60. The first-order valence-corrected chi connectivity index (χ1v) is 8.25. The zero-order chi connectivity index (χ0) is 16.0. The Bertz CT molecular complexity index is 403. The monoisotopic (exact) mass is 294 g/mol. The lowest BCUT2D eigenvalue weighted by molar-refractivity contribution is 0.275. The van der Waals surface area contributed by atoms with Crippen molar-refractivity contribution < 1.29 is 0 Å². The number of hydrogen-bond donors (Lipinski definition) is 1. The Labute approximate surface area is 130 Å². The van der Waals surface area contributed by atoms with Crippen LogP contribution in [0.1, 0.15) is 60.2 Å². The van der Waals surface area contributed by atoms with Crippen LogP contribution in [0.5, 0.6) is 0 Å². The molecule has 0 aromatic carbocycles. The summed E-state index contributed by atoms with van der Waals surface area (Å²) in [6.07, 6.45) is 5.08. The molecule has 2 atom stereocenters. The number of nitrogens with zero attached hydrogens (tertiary/aromatic N) is 3. The molecular formula is C17H34N4. The molecule has 0 saturated carbocycles. The van der Waals surface area contributed by atoms with Crippen LogP contribution in [-0.2, 0) is 13.0 Å². The van der Waals surface area contributed by atoms with E-state index in [1.165, 1.54) is 12.8 Å². The van der Waals surface area contributed by atoms with E-state index in [-0.39, 0.29) is 0 Å². The highest BCUT2D eigenvalue weighted by Crippen LogP contribution is 2.27. The molecule has 0 spiro atoms. The number of rotatable bonds is 8. The van der Waals surface area contributed by atoms with E-state index in [1.54, 1.807) is 6.33 Å². The molecule has 21 heavy (non-hydrogen) atoms. The molecule has 0 aliphatic rings. The van der Waals surface area contributed by atoms with Crippen molar-refractivity contribution in [2.45, 2.75) is 73.4 Å². The fourth-order valence-electron chi connectivity index (χ4n) is 3.08. The molecule has 1 rings (SSSR count). The fourth-order valence-corrected chi connectivity index (χ4v) is 3.08. The van der Waals surface area contributed by atoms with Crippen molar-refractivity contribution in [1.82, 2.24) is 20.1 Å². The summed E-state index contributed by atoms with van der Waals surface area (Å²) < 4.78 is 2.06. The molecule has 1 aromatic rings. The maximum Gasteiger partial charge on any atom is 0.138 e. The summed E-state index contributed by atoms with van der Waals surface area (Å²) in [5, 5.41) is 7.82. The molecule has 1 heterocycles. The van der Waals surface area contributed by atoms with Crippen LogP contribution in [0.4, 0.5) is 0 Å². The van der Waals surface area contributed by atoms with Gasteiger partial charge in [-0.2, -0.15) is 5.10 Å². The molecule has 122 valence electrons. The van der Waals surface area contributed by atoms with Gasteiger partial charge in [0.25, 0.3) is 0 Å². The summed E-state index contributed by atoms with van der Waals surface area (Å²) in [5.41, 5.74) is 0.398. The lowest BCUT2D eigenvalue weighted by Gasteiger charge is -2.26. The Morgan fingerprint density at radius 3 is 2.43 bits per heavy atom. The normalized spacial score (nSPS) is 15.4. The van der Waals surface area contributed by atoms with Crippen LogP contribution in [0.2, 0.25) is 0 Å². The highest BCUT2D eigenvalue weighted by molar-refractivity contribution is 4.90.